The predicted octanol–water partition coefficient (Wildman–Crippen LogP) is 2.28. The first kappa shape index (κ1) is 16.3. The van der Waals surface area contributed by atoms with Crippen LogP contribution in [0.1, 0.15) is 40.5 Å². The van der Waals surface area contributed by atoms with E-state index in [1.54, 1.807) is 13.8 Å². The molecule has 2 N–H and O–H groups in total. The highest BCUT2D eigenvalue weighted by Gasteiger charge is 2.56. The number of nitrogens with zero attached hydrogens (tertiary/aromatic N) is 2. The van der Waals surface area contributed by atoms with Crippen LogP contribution in [0.25, 0.3) is 0 Å². The maximum Gasteiger partial charge on any atom is 0.273 e. The fourth-order valence-electron chi connectivity index (χ4n) is 2.70. The van der Waals surface area contributed by atoms with Gasteiger partial charge in [-0.05, 0) is 31.8 Å². The van der Waals surface area contributed by atoms with Crippen LogP contribution in [0, 0.1) is 26.1 Å². The zero-order valence-electron chi connectivity index (χ0n) is 12.3. The minimum absolute atomic E-state index is 0.0667. The minimum Gasteiger partial charge on any atom is -0.310 e. The largest absolute Gasteiger partial charge is 0.310 e. The molecule has 112 valence electrons. The molecule has 7 heteroatoms. The van der Waals surface area contributed by atoms with Gasteiger partial charge >= 0.3 is 0 Å². The van der Waals surface area contributed by atoms with Crippen LogP contribution in [-0.4, -0.2) is 21.4 Å². The summed E-state index contributed by atoms with van der Waals surface area (Å²) in [6.07, 6.45) is 2.35. The first-order valence-electron chi connectivity index (χ1n) is 6.61. The lowest BCUT2D eigenvalue weighted by Gasteiger charge is -2.34. The Labute approximate surface area is 117 Å². The lowest BCUT2D eigenvalue weighted by molar-refractivity contribution is -0.534. The SMILES string of the molecule is CCC(C)CC1(N)C([N+](=O)[O-])=CC(C)=C(C)C1[N+](=O)[O-]. The summed E-state index contributed by atoms with van der Waals surface area (Å²) in [4.78, 5) is 21.6. The molecule has 0 saturated heterocycles. The van der Waals surface area contributed by atoms with E-state index in [9.17, 15) is 20.2 Å². The van der Waals surface area contributed by atoms with Gasteiger partial charge < -0.3 is 5.73 Å². The van der Waals surface area contributed by atoms with Crippen LogP contribution < -0.4 is 5.73 Å². The lowest BCUT2D eigenvalue weighted by Crippen LogP contribution is -2.59. The van der Waals surface area contributed by atoms with Crippen LogP contribution in [0.3, 0.4) is 0 Å². The normalized spacial score (nSPS) is 28.1. The van der Waals surface area contributed by atoms with E-state index in [4.69, 9.17) is 5.73 Å². The van der Waals surface area contributed by atoms with Gasteiger partial charge in [-0.25, -0.2) is 0 Å². The Bertz CT molecular complexity index is 498. The van der Waals surface area contributed by atoms with Crippen molar-refractivity contribution in [2.45, 2.75) is 52.1 Å². The standard InChI is InChI=1S/C13H21N3O4/c1-5-8(2)7-13(14)11(15(17)18)6-9(3)10(4)12(13)16(19)20/h6,8,12H,5,7,14H2,1-4H3. The van der Waals surface area contributed by atoms with Gasteiger partial charge in [0.1, 0.15) is 0 Å². The molecule has 7 nitrogen and oxygen atoms in total. The third-order valence-corrected chi connectivity index (χ3v) is 4.14. The second-order valence-electron chi connectivity index (χ2n) is 5.60. The molecule has 0 spiro atoms. The summed E-state index contributed by atoms with van der Waals surface area (Å²) in [6, 6.07) is -1.25. The Morgan fingerprint density at radius 2 is 1.95 bits per heavy atom. The number of rotatable bonds is 5. The molecule has 1 aliphatic carbocycles. The molecule has 0 aromatic rings. The van der Waals surface area contributed by atoms with Crippen LogP contribution in [0.15, 0.2) is 22.9 Å². The molecule has 0 radical (unpaired) electrons. The average molecular weight is 283 g/mol. The van der Waals surface area contributed by atoms with Gasteiger partial charge in [0, 0.05) is 16.6 Å². The van der Waals surface area contributed by atoms with Crippen molar-refractivity contribution in [1.29, 1.82) is 0 Å². The van der Waals surface area contributed by atoms with E-state index >= 15 is 0 Å². The third-order valence-electron chi connectivity index (χ3n) is 4.14. The van der Waals surface area contributed by atoms with E-state index in [-0.39, 0.29) is 18.0 Å². The van der Waals surface area contributed by atoms with E-state index in [0.717, 1.165) is 6.42 Å². The zero-order valence-corrected chi connectivity index (χ0v) is 12.3. The number of nitro groups is 2. The number of nitrogens with two attached hydrogens (primary N) is 1. The van der Waals surface area contributed by atoms with Gasteiger partial charge in [-0.15, -0.1) is 0 Å². The third kappa shape index (κ3) is 2.72. The van der Waals surface area contributed by atoms with Gasteiger partial charge in [0.2, 0.25) is 0 Å². The molecule has 1 aliphatic rings. The molecule has 3 atom stereocenters. The summed E-state index contributed by atoms with van der Waals surface area (Å²) in [7, 11) is 0. The second kappa shape index (κ2) is 5.70. The molecular formula is C13H21N3O4. The maximum atomic E-state index is 11.4. The Kier molecular flexibility index (Phi) is 4.65. The Balaban J connectivity index is 3.43. The van der Waals surface area contributed by atoms with Gasteiger partial charge in [0.15, 0.2) is 5.54 Å². The van der Waals surface area contributed by atoms with Crippen molar-refractivity contribution < 1.29 is 9.85 Å². The van der Waals surface area contributed by atoms with Crippen LogP contribution in [-0.2, 0) is 0 Å². The van der Waals surface area contributed by atoms with Crippen LogP contribution >= 0.6 is 0 Å². The smallest absolute Gasteiger partial charge is 0.273 e. The quantitative estimate of drug-likeness (QED) is 0.614. The van der Waals surface area contributed by atoms with E-state index < -0.39 is 21.4 Å². The highest BCUT2D eigenvalue weighted by molar-refractivity contribution is 5.40. The summed E-state index contributed by atoms with van der Waals surface area (Å²) in [5.41, 5.74) is 5.40. The molecule has 1 rings (SSSR count). The van der Waals surface area contributed by atoms with Crippen molar-refractivity contribution in [3.05, 3.63) is 43.1 Å². The molecule has 0 aromatic carbocycles. The minimum atomic E-state index is -1.56. The molecule has 20 heavy (non-hydrogen) atoms. The van der Waals surface area contributed by atoms with Gasteiger partial charge in [0.05, 0.1) is 4.92 Å². The van der Waals surface area contributed by atoms with E-state index in [1.807, 2.05) is 13.8 Å². The van der Waals surface area contributed by atoms with E-state index in [2.05, 4.69) is 0 Å². The number of hydrogen-bond acceptors (Lipinski definition) is 5. The predicted molar refractivity (Wildman–Crippen MR) is 75.2 cm³/mol. The number of allylic oxidation sites excluding steroid dienone is 2. The molecule has 0 heterocycles. The van der Waals surface area contributed by atoms with Gasteiger partial charge in [-0.1, -0.05) is 20.3 Å². The highest BCUT2D eigenvalue weighted by Crippen LogP contribution is 2.38. The van der Waals surface area contributed by atoms with Gasteiger partial charge in [-0.2, -0.15) is 0 Å². The maximum absolute atomic E-state index is 11.4. The van der Waals surface area contributed by atoms with Crippen molar-refractivity contribution in [3.8, 4) is 0 Å². The molecule has 0 bridgehead atoms. The average Bonchev–Trinajstić information content (AvgIpc) is 2.32. The Morgan fingerprint density at radius 1 is 1.40 bits per heavy atom. The van der Waals surface area contributed by atoms with Crippen molar-refractivity contribution in [3.63, 3.8) is 0 Å². The van der Waals surface area contributed by atoms with Crippen molar-refractivity contribution in [1.82, 2.24) is 0 Å². The van der Waals surface area contributed by atoms with Gasteiger partial charge in [0.25, 0.3) is 11.7 Å². The molecule has 0 aliphatic heterocycles. The Morgan fingerprint density at radius 3 is 2.35 bits per heavy atom. The fourth-order valence-corrected chi connectivity index (χ4v) is 2.70. The fraction of sp³-hybridized carbons (Fsp3) is 0.692. The van der Waals surface area contributed by atoms with Crippen LogP contribution in [0.5, 0.6) is 0 Å². The molecule has 0 aromatic heterocycles. The zero-order chi connectivity index (χ0) is 15.7. The highest BCUT2D eigenvalue weighted by atomic mass is 16.6. The number of hydrogen-bond donors (Lipinski definition) is 1. The lowest BCUT2D eigenvalue weighted by atomic mass is 9.73. The molecule has 0 fully saturated rings. The summed E-state index contributed by atoms with van der Waals surface area (Å²) >= 11 is 0. The van der Waals surface area contributed by atoms with E-state index in [1.165, 1.54) is 6.08 Å². The van der Waals surface area contributed by atoms with Gasteiger partial charge in [-0.3, -0.25) is 20.2 Å². The van der Waals surface area contributed by atoms with E-state index in [0.29, 0.717) is 11.1 Å². The Hall–Kier alpha value is -1.76. The molecule has 3 unspecified atom stereocenters. The monoisotopic (exact) mass is 283 g/mol. The second-order valence-corrected chi connectivity index (χ2v) is 5.60. The molecular weight excluding hydrogens is 262 g/mol. The summed E-state index contributed by atoms with van der Waals surface area (Å²) < 4.78 is 0. The molecule has 0 amide bonds. The van der Waals surface area contributed by atoms with Crippen LogP contribution in [0.2, 0.25) is 0 Å². The summed E-state index contributed by atoms with van der Waals surface area (Å²) in [5.74, 6) is 0.0667. The topological polar surface area (TPSA) is 112 Å². The summed E-state index contributed by atoms with van der Waals surface area (Å²) in [6.45, 7) is 7.08. The first-order valence-corrected chi connectivity index (χ1v) is 6.61. The first-order chi connectivity index (χ1) is 9.15. The van der Waals surface area contributed by atoms with Crippen molar-refractivity contribution in [2.75, 3.05) is 0 Å². The molecule has 0 saturated carbocycles. The van der Waals surface area contributed by atoms with Crippen molar-refractivity contribution >= 4 is 0 Å². The summed E-state index contributed by atoms with van der Waals surface area (Å²) in [5, 5.41) is 22.7. The van der Waals surface area contributed by atoms with Crippen LogP contribution in [0.4, 0.5) is 0 Å². The van der Waals surface area contributed by atoms with Crippen molar-refractivity contribution in [2.24, 2.45) is 11.7 Å².